The van der Waals surface area contributed by atoms with Gasteiger partial charge in [0.1, 0.15) is 24.2 Å². The summed E-state index contributed by atoms with van der Waals surface area (Å²) in [6, 6.07) is -4.58. The Morgan fingerprint density at radius 1 is 0.708 bits per heavy atom. The molecule has 0 aromatic heterocycles. The van der Waals surface area contributed by atoms with E-state index in [9.17, 15) is 48.6 Å². The van der Waals surface area contributed by atoms with Crippen molar-refractivity contribution in [3.05, 3.63) is 0 Å². The number of carbonyl (C=O) groups excluding carboxylic acids is 8. The molecule has 0 radical (unpaired) electrons. The Hall–Kier alpha value is -3.66. The molecule has 6 amide bonds. The molecule has 1 heterocycles. The first-order chi connectivity index (χ1) is 22.8. The van der Waals surface area contributed by atoms with Crippen LogP contribution in [0.4, 0.5) is 0 Å². The number of carboxylic acids is 2. The van der Waals surface area contributed by atoms with Crippen LogP contribution < -0.4 is 58.9 Å². The quantitative estimate of drug-likeness (QED) is 0.0950. The van der Waals surface area contributed by atoms with Crippen LogP contribution in [0.25, 0.3) is 0 Å². The lowest BCUT2D eigenvalue weighted by molar-refractivity contribution is -0.655. The highest BCUT2D eigenvalue weighted by atomic mass is 33.1. The van der Waals surface area contributed by atoms with Crippen LogP contribution in [0.5, 0.6) is 0 Å². The van der Waals surface area contributed by atoms with E-state index in [2.05, 4.69) is 48.7 Å². The summed E-state index contributed by atoms with van der Waals surface area (Å²) in [5, 5.41) is 39.4. The maximum atomic E-state index is 13.0. The smallest absolute Gasteiger partial charge is 0.243 e. The van der Waals surface area contributed by atoms with Gasteiger partial charge >= 0.3 is 0 Å². The van der Waals surface area contributed by atoms with E-state index in [-0.39, 0.29) is 50.3 Å². The number of quaternary nitrogens is 3. The van der Waals surface area contributed by atoms with E-state index in [4.69, 9.17) is 0 Å². The zero-order valence-corrected chi connectivity index (χ0v) is 28.4. The van der Waals surface area contributed by atoms with Crippen molar-refractivity contribution < 1.29 is 65.4 Å². The monoisotopic (exact) mass is 722 g/mol. The number of nitrogens with two attached hydrogens (primary N) is 1. The molecular weight excluding hydrogens is 674 g/mol. The van der Waals surface area contributed by atoms with Gasteiger partial charge in [-0.05, 0) is 12.8 Å². The molecule has 19 nitrogen and oxygen atoms in total. The number of nitrogens with one attached hydrogen (secondary N) is 6. The van der Waals surface area contributed by atoms with Crippen molar-refractivity contribution in [2.75, 3.05) is 50.8 Å². The molecule has 1 unspecified atom stereocenters. The predicted molar refractivity (Wildman–Crippen MR) is 168 cm³/mol. The molecule has 1 fully saturated rings. The third-order valence-corrected chi connectivity index (χ3v) is 9.30. The third-order valence-electron chi connectivity index (χ3n) is 6.87. The summed E-state index contributed by atoms with van der Waals surface area (Å²) in [5.74, 6) is -6.41. The van der Waals surface area contributed by atoms with Gasteiger partial charge in [-0.3, -0.25) is 28.8 Å². The number of hydrogen-bond acceptors (Lipinski definition) is 12. The summed E-state index contributed by atoms with van der Waals surface area (Å²) >= 11 is 0. The minimum Gasteiger partial charge on any atom is -0.544 e. The van der Waals surface area contributed by atoms with E-state index in [1.807, 2.05) is 0 Å². The highest BCUT2D eigenvalue weighted by Crippen LogP contribution is 2.23. The van der Waals surface area contributed by atoms with Crippen LogP contribution >= 0.6 is 21.6 Å². The second-order valence-corrected chi connectivity index (χ2v) is 13.5. The van der Waals surface area contributed by atoms with E-state index < -0.39 is 71.5 Å². The molecule has 1 aliphatic rings. The largest absolute Gasteiger partial charge is 0.544 e. The Morgan fingerprint density at radius 2 is 1.12 bits per heavy atom. The van der Waals surface area contributed by atoms with E-state index in [0.717, 1.165) is 47.5 Å². The van der Waals surface area contributed by atoms with Crippen LogP contribution in [-0.4, -0.2) is 122 Å². The lowest BCUT2D eigenvalue weighted by Gasteiger charge is -2.20. The van der Waals surface area contributed by atoms with E-state index in [0.29, 0.717) is 19.5 Å². The van der Waals surface area contributed by atoms with Crippen molar-refractivity contribution in [3.63, 3.8) is 0 Å². The molecule has 0 bridgehead atoms. The topological polar surface area (TPSA) is 327 Å². The Balaban J connectivity index is 2.98. The van der Waals surface area contributed by atoms with Gasteiger partial charge in [-0.15, -0.1) is 0 Å². The van der Waals surface area contributed by atoms with E-state index in [1.165, 1.54) is 0 Å². The van der Waals surface area contributed by atoms with Crippen LogP contribution in [0.15, 0.2) is 0 Å². The maximum absolute atomic E-state index is 13.0. The highest BCUT2D eigenvalue weighted by Gasteiger charge is 2.25. The Kier molecular flexibility index (Phi) is 21.6. The third kappa shape index (κ3) is 19.9. The van der Waals surface area contributed by atoms with Crippen molar-refractivity contribution >= 4 is 69.0 Å². The molecule has 0 saturated carbocycles. The highest BCUT2D eigenvalue weighted by molar-refractivity contribution is 8.76. The Labute approximate surface area is 285 Å². The van der Waals surface area contributed by atoms with E-state index in [1.54, 1.807) is 0 Å². The molecule has 0 aromatic rings. The lowest BCUT2D eigenvalue weighted by Crippen LogP contribution is -2.84. The second-order valence-electron chi connectivity index (χ2n) is 11.0. The number of carbonyl (C=O) groups is 8. The van der Waals surface area contributed by atoms with Gasteiger partial charge in [-0.2, -0.15) is 0 Å². The molecule has 21 heteroatoms. The van der Waals surface area contributed by atoms with Gasteiger partial charge in [-0.1, -0.05) is 21.6 Å². The standard InChI is InChI=1S/C27H47N9O10S2/c28-16(26(43)44)4-6-20(37)35-18-14-47-48-15-19(36-21(38)7-5-17(29)27(45)46)25(42)34-13-23(40)32-11-3-9-30-8-1-2-10-31-22(39)12-33-24(18)41/h16-19,30H,1-15,28-29H2,(H,31,39)(H,32,40)(H,33,41)(H,34,42)(H,35,37)(H,36,38)(H,43,44)(H,45,46)/p+1/t16-,17-,18?,19-/m0/s1. The van der Waals surface area contributed by atoms with Gasteiger partial charge in [0.15, 0.2) is 0 Å². The molecule has 0 aromatic carbocycles. The fourth-order valence-corrected chi connectivity index (χ4v) is 6.27. The van der Waals surface area contributed by atoms with Crippen molar-refractivity contribution in [2.24, 2.45) is 0 Å². The van der Waals surface area contributed by atoms with Gasteiger partial charge in [0.05, 0.1) is 38.1 Å². The SMILES string of the molecule is [NH3+][C@@H](CCC(=O)NC1CSSC[C@H](NC(=O)CC[C@H]([NH3+])C(=O)[O-])C(=O)NCC(=O)NCCC[NH2+]CCCCNC(=O)CNC1=O)C(=O)[O-]. The molecule has 1 aliphatic heterocycles. The normalized spacial score (nSPS) is 21.5. The summed E-state index contributed by atoms with van der Waals surface area (Å²) in [6.45, 7) is 1.68. The van der Waals surface area contributed by atoms with Crippen LogP contribution in [0.2, 0.25) is 0 Å². The van der Waals surface area contributed by atoms with Gasteiger partial charge < -0.3 is 68.5 Å². The van der Waals surface area contributed by atoms with Crippen LogP contribution in [-0.2, 0) is 38.4 Å². The number of amides is 6. The zero-order valence-electron chi connectivity index (χ0n) is 26.8. The van der Waals surface area contributed by atoms with E-state index >= 15 is 0 Å². The average molecular weight is 723 g/mol. The molecular formula is C27H48N9O10S2+. The van der Waals surface area contributed by atoms with Crippen molar-refractivity contribution in [1.29, 1.82) is 0 Å². The number of rotatable bonds is 10. The second kappa shape index (κ2) is 24.5. The molecule has 4 atom stereocenters. The van der Waals surface area contributed by atoms with Gasteiger partial charge in [0.2, 0.25) is 35.4 Å². The molecule has 48 heavy (non-hydrogen) atoms. The number of aliphatic carboxylic acids is 2. The Morgan fingerprint density at radius 3 is 1.56 bits per heavy atom. The molecule has 0 spiro atoms. The van der Waals surface area contributed by atoms with Crippen molar-refractivity contribution in [1.82, 2.24) is 31.9 Å². The molecule has 1 rings (SSSR count). The molecule has 14 N–H and O–H groups in total. The summed E-state index contributed by atoms with van der Waals surface area (Å²) in [7, 11) is 2.13. The number of carboxylic acid groups (broad SMARTS) is 2. The van der Waals surface area contributed by atoms with Crippen molar-refractivity contribution in [2.45, 2.75) is 69.1 Å². The lowest BCUT2D eigenvalue weighted by atomic mass is 10.1. The van der Waals surface area contributed by atoms with Crippen LogP contribution in [0.1, 0.15) is 44.9 Å². The van der Waals surface area contributed by atoms with Crippen molar-refractivity contribution in [3.8, 4) is 0 Å². The molecule has 0 aliphatic carbocycles. The fraction of sp³-hybridized carbons (Fsp3) is 0.704. The minimum absolute atomic E-state index is 0.0475. The fourth-order valence-electron chi connectivity index (χ4n) is 3.94. The first kappa shape index (κ1) is 42.4. The van der Waals surface area contributed by atoms with Gasteiger partial charge in [0, 0.05) is 56.7 Å². The van der Waals surface area contributed by atoms with Gasteiger partial charge in [0.25, 0.3) is 0 Å². The Bertz CT molecular complexity index is 1030. The number of hydrogen-bond donors (Lipinski definition) is 9. The average Bonchev–Trinajstić information content (AvgIpc) is 3.04. The first-order valence-corrected chi connectivity index (χ1v) is 18.1. The summed E-state index contributed by atoms with van der Waals surface area (Å²) in [6.07, 6.45) is 1.47. The first-order valence-electron chi connectivity index (χ1n) is 15.6. The summed E-state index contributed by atoms with van der Waals surface area (Å²) in [5.41, 5.74) is 6.79. The summed E-state index contributed by atoms with van der Waals surface area (Å²) < 4.78 is 0. The predicted octanol–water partition coefficient (Wildman–Crippen LogP) is -9.17. The summed E-state index contributed by atoms with van der Waals surface area (Å²) in [4.78, 5) is 97.4. The van der Waals surface area contributed by atoms with Gasteiger partial charge in [-0.25, -0.2) is 0 Å². The minimum atomic E-state index is -1.42. The molecule has 272 valence electrons. The van der Waals surface area contributed by atoms with Crippen LogP contribution in [0, 0.1) is 0 Å². The maximum Gasteiger partial charge on any atom is 0.243 e. The zero-order chi connectivity index (χ0) is 35.9. The van der Waals surface area contributed by atoms with Crippen LogP contribution in [0.3, 0.4) is 0 Å². The molecule has 1 saturated heterocycles.